The zero-order chi connectivity index (χ0) is 15.7. The predicted molar refractivity (Wildman–Crippen MR) is 85.5 cm³/mol. The number of halogens is 1. The lowest BCUT2D eigenvalue weighted by atomic mass is 10.1. The number of nitrogens with two attached hydrogens (primary N) is 1. The summed E-state index contributed by atoms with van der Waals surface area (Å²) in [5, 5.41) is 6.19. The Morgan fingerprint density at radius 3 is 3.05 bits per heavy atom. The number of aromatic nitrogens is 2. The van der Waals surface area contributed by atoms with Crippen LogP contribution in [0.3, 0.4) is 0 Å². The van der Waals surface area contributed by atoms with E-state index in [9.17, 15) is 4.79 Å². The van der Waals surface area contributed by atoms with Crippen LogP contribution in [0.25, 0.3) is 5.69 Å². The van der Waals surface area contributed by atoms with E-state index in [4.69, 9.17) is 10.6 Å². The lowest BCUT2D eigenvalue weighted by Gasteiger charge is -2.23. The van der Waals surface area contributed by atoms with Crippen LogP contribution in [-0.4, -0.2) is 33.9 Å². The minimum atomic E-state index is -0.400. The van der Waals surface area contributed by atoms with Crippen molar-refractivity contribution in [3.63, 3.8) is 0 Å². The van der Waals surface area contributed by atoms with Gasteiger partial charge < -0.3 is 4.74 Å². The highest BCUT2D eigenvalue weighted by Gasteiger charge is 2.28. The molecule has 7 heteroatoms. The number of fused-ring (bicyclic) bond motifs is 1. The Morgan fingerprint density at radius 2 is 2.32 bits per heavy atom. The fraction of sp³-hybridized carbons (Fsp3) is 0.333. The third-order valence-corrected chi connectivity index (χ3v) is 4.10. The van der Waals surface area contributed by atoms with Gasteiger partial charge in [0.05, 0.1) is 18.0 Å². The Labute approximate surface area is 136 Å². The maximum atomic E-state index is 12.2. The van der Waals surface area contributed by atoms with Gasteiger partial charge in [-0.2, -0.15) is 5.10 Å². The summed E-state index contributed by atoms with van der Waals surface area (Å²) in [5.41, 5.74) is 3.13. The molecule has 0 atom stereocenters. The van der Waals surface area contributed by atoms with Gasteiger partial charge in [0.1, 0.15) is 0 Å². The number of carbonyl (C=O) groups excluding carboxylic acids is 1. The van der Waals surface area contributed by atoms with E-state index in [0.717, 1.165) is 34.4 Å². The minimum Gasteiger partial charge on any atom is -0.461 e. The number of carbonyl (C=O) groups is 1. The van der Waals surface area contributed by atoms with Crippen LogP contribution in [0.1, 0.15) is 28.7 Å². The summed E-state index contributed by atoms with van der Waals surface area (Å²) in [4.78, 5) is 12.2. The van der Waals surface area contributed by atoms with Crippen molar-refractivity contribution in [2.24, 2.45) is 5.84 Å². The van der Waals surface area contributed by atoms with Crippen LogP contribution in [-0.2, 0) is 17.7 Å². The molecule has 0 amide bonds. The molecule has 1 aliphatic rings. The normalized spacial score (nSPS) is 14.7. The molecule has 1 aromatic heterocycles. The molecule has 6 nitrogen and oxygen atoms in total. The molecule has 2 aromatic rings. The van der Waals surface area contributed by atoms with Crippen molar-refractivity contribution >= 4 is 21.9 Å². The lowest BCUT2D eigenvalue weighted by molar-refractivity contribution is 0.0516. The van der Waals surface area contributed by atoms with E-state index in [0.29, 0.717) is 18.8 Å². The minimum absolute atomic E-state index is 0.323. The van der Waals surface area contributed by atoms with E-state index in [2.05, 4.69) is 21.0 Å². The van der Waals surface area contributed by atoms with Crippen LogP contribution in [0.5, 0.6) is 0 Å². The number of rotatable bonds is 3. The van der Waals surface area contributed by atoms with Gasteiger partial charge in [-0.15, -0.1) is 0 Å². The van der Waals surface area contributed by atoms with Crippen molar-refractivity contribution in [2.75, 3.05) is 13.2 Å². The molecule has 1 aliphatic heterocycles. The number of esters is 1. The molecule has 0 spiro atoms. The average molecular weight is 365 g/mol. The smallest absolute Gasteiger partial charge is 0.359 e. The summed E-state index contributed by atoms with van der Waals surface area (Å²) in [7, 11) is 0. The third kappa shape index (κ3) is 2.79. The van der Waals surface area contributed by atoms with Crippen LogP contribution >= 0.6 is 15.9 Å². The zero-order valence-corrected chi connectivity index (χ0v) is 13.8. The molecule has 1 aromatic carbocycles. The molecule has 0 saturated carbocycles. The maximum absolute atomic E-state index is 12.2. The molecule has 0 saturated heterocycles. The van der Waals surface area contributed by atoms with Gasteiger partial charge in [-0.05, 0) is 25.1 Å². The highest BCUT2D eigenvalue weighted by atomic mass is 79.9. The van der Waals surface area contributed by atoms with Crippen molar-refractivity contribution < 1.29 is 9.53 Å². The molecule has 116 valence electrons. The van der Waals surface area contributed by atoms with E-state index in [1.54, 1.807) is 11.9 Å². The SMILES string of the molecule is CCOC(=O)c1nn(-c2cccc(Br)c2)c2c1CN(N)CC2. The van der Waals surface area contributed by atoms with E-state index >= 15 is 0 Å². The topological polar surface area (TPSA) is 73.4 Å². The molecular weight excluding hydrogens is 348 g/mol. The van der Waals surface area contributed by atoms with Gasteiger partial charge >= 0.3 is 5.97 Å². The summed E-state index contributed by atoms with van der Waals surface area (Å²) in [5.74, 6) is 5.50. The number of nitrogens with zero attached hydrogens (tertiary/aromatic N) is 3. The number of ether oxygens (including phenoxy) is 1. The third-order valence-electron chi connectivity index (χ3n) is 3.61. The van der Waals surface area contributed by atoms with Crippen molar-refractivity contribution in [1.82, 2.24) is 14.8 Å². The highest BCUT2D eigenvalue weighted by molar-refractivity contribution is 9.10. The molecule has 0 unspecified atom stereocenters. The molecule has 0 bridgehead atoms. The monoisotopic (exact) mass is 364 g/mol. The Morgan fingerprint density at radius 1 is 1.50 bits per heavy atom. The Kier molecular flexibility index (Phi) is 4.28. The van der Waals surface area contributed by atoms with Gasteiger partial charge in [0, 0.05) is 29.5 Å². The number of hydrazine groups is 1. The average Bonchev–Trinajstić information content (AvgIpc) is 2.86. The summed E-state index contributed by atoms with van der Waals surface area (Å²) in [6, 6.07) is 7.82. The lowest BCUT2D eigenvalue weighted by Crippen LogP contribution is -2.37. The molecule has 0 fully saturated rings. The number of benzene rings is 1. The van der Waals surface area contributed by atoms with E-state index in [1.807, 2.05) is 28.9 Å². The molecule has 3 rings (SSSR count). The zero-order valence-electron chi connectivity index (χ0n) is 12.3. The van der Waals surface area contributed by atoms with E-state index in [1.165, 1.54) is 0 Å². The van der Waals surface area contributed by atoms with E-state index < -0.39 is 5.97 Å². The van der Waals surface area contributed by atoms with Gasteiger partial charge in [0.25, 0.3) is 0 Å². The fourth-order valence-electron chi connectivity index (χ4n) is 2.62. The molecule has 2 N–H and O–H groups in total. The van der Waals surface area contributed by atoms with Crippen LogP contribution in [0.15, 0.2) is 28.7 Å². The quantitative estimate of drug-likeness (QED) is 0.666. The standard InChI is InChI=1S/C15H17BrN4O2/c1-2-22-15(21)14-12-9-19(17)7-6-13(12)20(18-14)11-5-3-4-10(16)8-11/h3-5,8H,2,6-7,9,17H2,1H3. The summed E-state index contributed by atoms with van der Waals surface area (Å²) >= 11 is 3.46. The van der Waals surface area contributed by atoms with Gasteiger partial charge in [-0.25, -0.2) is 14.5 Å². The summed E-state index contributed by atoms with van der Waals surface area (Å²) in [6.45, 7) is 3.33. The fourth-order valence-corrected chi connectivity index (χ4v) is 3.01. The first-order valence-corrected chi connectivity index (χ1v) is 7.93. The Balaban J connectivity index is 2.11. The molecule has 0 aliphatic carbocycles. The van der Waals surface area contributed by atoms with Gasteiger partial charge in [-0.3, -0.25) is 5.84 Å². The molecule has 22 heavy (non-hydrogen) atoms. The predicted octanol–water partition coefficient (Wildman–Crippen LogP) is 2.04. The molecule has 0 radical (unpaired) electrons. The Bertz CT molecular complexity index is 714. The number of hydrogen-bond acceptors (Lipinski definition) is 5. The van der Waals surface area contributed by atoms with Crippen LogP contribution in [0.2, 0.25) is 0 Å². The highest BCUT2D eigenvalue weighted by Crippen LogP contribution is 2.26. The second kappa shape index (κ2) is 6.20. The van der Waals surface area contributed by atoms with Crippen LogP contribution < -0.4 is 5.84 Å². The molecule has 2 heterocycles. The van der Waals surface area contributed by atoms with Gasteiger partial charge in [-0.1, -0.05) is 22.0 Å². The van der Waals surface area contributed by atoms with Gasteiger partial charge in [0.15, 0.2) is 5.69 Å². The first-order valence-electron chi connectivity index (χ1n) is 7.13. The van der Waals surface area contributed by atoms with Crippen LogP contribution in [0, 0.1) is 0 Å². The first kappa shape index (κ1) is 15.2. The van der Waals surface area contributed by atoms with Crippen molar-refractivity contribution in [3.8, 4) is 5.69 Å². The Hall–Kier alpha value is -1.70. The number of hydrogen-bond donors (Lipinski definition) is 1. The second-order valence-electron chi connectivity index (χ2n) is 5.11. The maximum Gasteiger partial charge on any atom is 0.359 e. The first-order chi connectivity index (χ1) is 10.6. The summed E-state index contributed by atoms with van der Waals surface area (Å²) in [6.07, 6.45) is 0.741. The second-order valence-corrected chi connectivity index (χ2v) is 6.02. The largest absolute Gasteiger partial charge is 0.461 e. The van der Waals surface area contributed by atoms with Crippen molar-refractivity contribution in [2.45, 2.75) is 19.9 Å². The van der Waals surface area contributed by atoms with Gasteiger partial charge in [0.2, 0.25) is 0 Å². The van der Waals surface area contributed by atoms with Crippen molar-refractivity contribution in [1.29, 1.82) is 0 Å². The van der Waals surface area contributed by atoms with Crippen LogP contribution in [0.4, 0.5) is 0 Å². The van der Waals surface area contributed by atoms with Crippen molar-refractivity contribution in [3.05, 3.63) is 45.7 Å². The molecular formula is C15H17BrN4O2. The van der Waals surface area contributed by atoms with E-state index in [-0.39, 0.29) is 0 Å². The summed E-state index contributed by atoms with van der Waals surface area (Å²) < 4.78 is 7.90.